The number of halogens is 2. The number of alkyl halides is 2. The van der Waals surface area contributed by atoms with Gasteiger partial charge in [-0.3, -0.25) is 0 Å². The maximum atomic E-state index is 12.3. The Morgan fingerprint density at radius 3 is 2.00 bits per heavy atom. The molecule has 0 unspecified atom stereocenters. The van der Waals surface area contributed by atoms with Crippen LogP contribution in [0.4, 0.5) is 8.78 Å². The SMILES string of the molecule is CC(F)(F)CCC[C@@](C)(O)CO. The van der Waals surface area contributed by atoms with E-state index in [-0.39, 0.29) is 25.9 Å². The first-order valence-electron chi connectivity index (χ1n) is 3.98. The highest BCUT2D eigenvalue weighted by atomic mass is 19.3. The molecule has 0 aliphatic heterocycles. The van der Waals surface area contributed by atoms with Gasteiger partial charge in [-0.15, -0.1) is 0 Å². The highest BCUT2D eigenvalue weighted by Crippen LogP contribution is 2.22. The van der Waals surface area contributed by atoms with Crippen molar-refractivity contribution in [3.05, 3.63) is 0 Å². The second-order valence-electron chi connectivity index (χ2n) is 3.58. The smallest absolute Gasteiger partial charge is 0.245 e. The van der Waals surface area contributed by atoms with E-state index in [4.69, 9.17) is 5.11 Å². The normalized spacial score (nSPS) is 17.5. The predicted octanol–water partition coefficient (Wildman–Crippen LogP) is 1.56. The van der Waals surface area contributed by atoms with Crippen LogP contribution in [0.25, 0.3) is 0 Å². The van der Waals surface area contributed by atoms with E-state index in [0.717, 1.165) is 6.92 Å². The Balaban J connectivity index is 3.57. The molecule has 2 nitrogen and oxygen atoms in total. The molecule has 0 fully saturated rings. The summed E-state index contributed by atoms with van der Waals surface area (Å²) >= 11 is 0. The maximum absolute atomic E-state index is 12.3. The first-order valence-corrected chi connectivity index (χ1v) is 3.98. The second-order valence-corrected chi connectivity index (χ2v) is 3.58. The van der Waals surface area contributed by atoms with E-state index in [9.17, 15) is 13.9 Å². The zero-order valence-corrected chi connectivity index (χ0v) is 7.48. The summed E-state index contributed by atoms with van der Waals surface area (Å²) in [7, 11) is 0. The zero-order chi connectivity index (χ0) is 9.83. The van der Waals surface area contributed by atoms with Crippen molar-refractivity contribution >= 4 is 0 Å². The van der Waals surface area contributed by atoms with Gasteiger partial charge < -0.3 is 10.2 Å². The Labute approximate surface area is 71.2 Å². The molecule has 0 bridgehead atoms. The first kappa shape index (κ1) is 11.8. The van der Waals surface area contributed by atoms with E-state index in [2.05, 4.69) is 0 Å². The first-order chi connectivity index (χ1) is 5.27. The summed E-state index contributed by atoms with van der Waals surface area (Å²) in [5.41, 5.74) is -1.22. The molecule has 0 saturated heterocycles. The summed E-state index contributed by atoms with van der Waals surface area (Å²) < 4.78 is 24.5. The summed E-state index contributed by atoms with van der Waals surface area (Å²) in [4.78, 5) is 0. The molecule has 4 heteroatoms. The van der Waals surface area contributed by atoms with Crippen LogP contribution in [0.15, 0.2) is 0 Å². The molecule has 0 spiro atoms. The van der Waals surface area contributed by atoms with Gasteiger partial charge in [-0.2, -0.15) is 0 Å². The minimum Gasteiger partial charge on any atom is -0.393 e. The number of rotatable bonds is 5. The van der Waals surface area contributed by atoms with Crippen LogP contribution in [0.3, 0.4) is 0 Å². The molecule has 1 atom stereocenters. The summed E-state index contributed by atoms with van der Waals surface area (Å²) in [5.74, 6) is -2.68. The van der Waals surface area contributed by atoms with Gasteiger partial charge in [-0.1, -0.05) is 0 Å². The van der Waals surface area contributed by atoms with Gasteiger partial charge >= 0.3 is 0 Å². The van der Waals surface area contributed by atoms with Gasteiger partial charge in [-0.25, -0.2) is 8.78 Å². The fourth-order valence-corrected chi connectivity index (χ4v) is 0.859. The maximum Gasteiger partial charge on any atom is 0.245 e. The minimum absolute atomic E-state index is 0.201. The molecule has 0 aliphatic carbocycles. The molecule has 0 saturated carbocycles. The lowest BCUT2D eigenvalue weighted by molar-refractivity contribution is -0.0239. The van der Waals surface area contributed by atoms with Crippen LogP contribution in [0.5, 0.6) is 0 Å². The lowest BCUT2D eigenvalue weighted by atomic mass is 9.99. The van der Waals surface area contributed by atoms with E-state index >= 15 is 0 Å². The topological polar surface area (TPSA) is 40.5 Å². The molecular formula is C8H16F2O2. The van der Waals surface area contributed by atoms with Gasteiger partial charge in [0.15, 0.2) is 0 Å². The van der Waals surface area contributed by atoms with Gasteiger partial charge in [0.05, 0.1) is 12.2 Å². The molecule has 74 valence electrons. The lowest BCUT2D eigenvalue weighted by Gasteiger charge is -2.20. The third kappa shape index (κ3) is 6.49. The van der Waals surface area contributed by atoms with Gasteiger partial charge in [0.2, 0.25) is 5.92 Å². The van der Waals surface area contributed by atoms with Crippen molar-refractivity contribution in [1.29, 1.82) is 0 Å². The van der Waals surface area contributed by atoms with Crippen molar-refractivity contribution < 1.29 is 19.0 Å². The van der Waals surface area contributed by atoms with Crippen LogP contribution in [0.2, 0.25) is 0 Å². The molecule has 0 amide bonds. The Morgan fingerprint density at radius 2 is 1.67 bits per heavy atom. The second kappa shape index (κ2) is 4.14. The number of hydrogen-bond acceptors (Lipinski definition) is 2. The molecule has 2 N–H and O–H groups in total. The summed E-state index contributed by atoms with van der Waals surface area (Å²) in [5, 5.41) is 17.8. The summed E-state index contributed by atoms with van der Waals surface area (Å²) in [6.07, 6.45) is 0.174. The molecule has 0 aromatic rings. The number of aliphatic hydroxyl groups excluding tert-OH is 1. The Bertz CT molecular complexity index is 130. The highest BCUT2D eigenvalue weighted by molar-refractivity contribution is 4.72. The van der Waals surface area contributed by atoms with Crippen molar-refractivity contribution in [1.82, 2.24) is 0 Å². The third-order valence-corrected chi connectivity index (χ3v) is 1.67. The summed E-state index contributed by atoms with van der Waals surface area (Å²) in [6.45, 7) is 1.89. The summed E-state index contributed by atoms with van der Waals surface area (Å²) in [6, 6.07) is 0. The van der Waals surface area contributed by atoms with E-state index in [0.29, 0.717) is 0 Å². The lowest BCUT2D eigenvalue weighted by Crippen LogP contribution is -2.29. The van der Waals surface area contributed by atoms with Crippen LogP contribution in [0.1, 0.15) is 33.1 Å². The van der Waals surface area contributed by atoms with E-state index in [1.54, 1.807) is 0 Å². The van der Waals surface area contributed by atoms with Crippen molar-refractivity contribution in [3.8, 4) is 0 Å². The van der Waals surface area contributed by atoms with E-state index < -0.39 is 11.5 Å². The van der Waals surface area contributed by atoms with Crippen LogP contribution >= 0.6 is 0 Å². The Kier molecular flexibility index (Phi) is 4.06. The van der Waals surface area contributed by atoms with Crippen molar-refractivity contribution in [2.45, 2.75) is 44.6 Å². The molecule has 0 aliphatic rings. The molecule has 0 aromatic carbocycles. The highest BCUT2D eigenvalue weighted by Gasteiger charge is 2.24. The molecule has 0 rings (SSSR count). The fraction of sp³-hybridized carbons (Fsp3) is 1.00. The predicted molar refractivity (Wildman–Crippen MR) is 42.2 cm³/mol. The molecule has 12 heavy (non-hydrogen) atoms. The van der Waals surface area contributed by atoms with Crippen LogP contribution in [0, 0.1) is 0 Å². The largest absolute Gasteiger partial charge is 0.393 e. The van der Waals surface area contributed by atoms with Gasteiger partial charge in [0, 0.05) is 6.42 Å². The Hall–Kier alpha value is -0.220. The fourth-order valence-electron chi connectivity index (χ4n) is 0.859. The van der Waals surface area contributed by atoms with Gasteiger partial charge in [-0.05, 0) is 26.7 Å². The van der Waals surface area contributed by atoms with Crippen molar-refractivity contribution in [2.24, 2.45) is 0 Å². The average molecular weight is 182 g/mol. The molecule has 0 radical (unpaired) electrons. The van der Waals surface area contributed by atoms with Crippen LogP contribution in [-0.4, -0.2) is 28.3 Å². The zero-order valence-electron chi connectivity index (χ0n) is 7.48. The standard InChI is InChI=1S/C8H16F2O2/c1-7(12,6-11)4-3-5-8(2,9)10/h11-12H,3-6H2,1-2H3/t7-/m1/s1. The molecule has 0 heterocycles. The van der Waals surface area contributed by atoms with Crippen LogP contribution in [-0.2, 0) is 0 Å². The van der Waals surface area contributed by atoms with Gasteiger partial charge in [0.25, 0.3) is 0 Å². The van der Waals surface area contributed by atoms with Crippen molar-refractivity contribution in [2.75, 3.05) is 6.61 Å². The molecular weight excluding hydrogens is 166 g/mol. The average Bonchev–Trinajstić information content (AvgIpc) is 1.84. The minimum atomic E-state index is -2.68. The quantitative estimate of drug-likeness (QED) is 0.677. The Morgan fingerprint density at radius 1 is 1.17 bits per heavy atom. The third-order valence-electron chi connectivity index (χ3n) is 1.67. The molecule has 0 aromatic heterocycles. The van der Waals surface area contributed by atoms with Crippen molar-refractivity contribution in [3.63, 3.8) is 0 Å². The van der Waals surface area contributed by atoms with Crippen LogP contribution < -0.4 is 0 Å². The monoisotopic (exact) mass is 182 g/mol. The number of aliphatic hydroxyl groups is 2. The number of hydrogen-bond donors (Lipinski definition) is 2. The van der Waals surface area contributed by atoms with E-state index in [1.165, 1.54) is 6.92 Å². The van der Waals surface area contributed by atoms with E-state index in [1.807, 2.05) is 0 Å². The van der Waals surface area contributed by atoms with Gasteiger partial charge in [0.1, 0.15) is 0 Å².